The van der Waals surface area contributed by atoms with Crippen molar-refractivity contribution in [3.8, 4) is 0 Å². The van der Waals surface area contributed by atoms with Crippen LogP contribution in [-0.2, 0) is 14.3 Å². The van der Waals surface area contributed by atoms with Gasteiger partial charge in [-0.3, -0.25) is 4.79 Å². The first-order valence-electron chi connectivity index (χ1n) is 10.2. The fourth-order valence-electron chi connectivity index (χ4n) is 4.77. The van der Waals surface area contributed by atoms with Gasteiger partial charge < -0.3 is 20.1 Å². The highest BCUT2D eigenvalue weighted by molar-refractivity contribution is 5.94. The lowest BCUT2D eigenvalue weighted by molar-refractivity contribution is -0.152. The van der Waals surface area contributed by atoms with Crippen LogP contribution in [0.3, 0.4) is 0 Å². The van der Waals surface area contributed by atoms with Crippen molar-refractivity contribution < 1.29 is 24.2 Å². The van der Waals surface area contributed by atoms with Crippen LogP contribution in [0.1, 0.15) is 72.1 Å². The summed E-state index contributed by atoms with van der Waals surface area (Å²) in [6, 6.07) is -0.724. The zero-order chi connectivity index (χ0) is 19.8. The summed E-state index contributed by atoms with van der Waals surface area (Å²) in [4.78, 5) is 38.9. The Bertz CT molecular complexity index is 608. The number of nitrogens with one attached hydrogen (secondary N) is 1. The second-order valence-electron chi connectivity index (χ2n) is 9.35. The summed E-state index contributed by atoms with van der Waals surface area (Å²) in [6.45, 7) is 5.78. The van der Waals surface area contributed by atoms with E-state index in [4.69, 9.17) is 4.74 Å². The van der Waals surface area contributed by atoms with Gasteiger partial charge in [-0.2, -0.15) is 0 Å². The van der Waals surface area contributed by atoms with Gasteiger partial charge in [-0.1, -0.05) is 32.1 Å². The number of carboxylic acids is 1. The summed E-state index contributed by atoms with van der Waals surface area (Å²) >= 11 is 0. The Morgan fingerprint density at radius 1 is 1.19 bits per heavy atom. The molecule has 1 heterocycles. The van der Waals surface area contributed by atoms with Crippen molar-refractivity contribution in [2.75, 3.05) is 6.54 Å². The normalized spacial score (nSPS) is 29.0. The zero-order valence-corrected chi connectivity index (χ0v) is 16.6. The van der Waals surface area contributed by atoms with Gasteiger partial charge in [0.05, 0.1) is 0 Å². The van der Waals surface area contributed by atoms with Gasteiger partial charge >= 0.3 is 12.1 Å². The third-order valence-corrected chi connectivity index (χ3v) is 6.17. The lowest BCUT2D eigenvalue weighted by atomic mass is 9.84. The molecule has 7 nitrogen and oxygen atoms in total. The molecule has 3 atom stereocenters. The minimum Gasteiger partial charge on any atom is -0.479 e. The predicted molar refractivity (Wildman–Crippen MR) is 99.2 cm³/mol. The molecule has 3 fully saturated rings. The van der Waals surface area contributed by atoms with Crippen molar-refractivity contribution in [3.05, 3.63) is 0 Å². The van der Waals surface area contributed by atoms with Crippen LogP contribution in [-0.4, -0.2) is 51.7 Å². The van der Waals surface area contributed by atoms with E-state index in [9.17, 15) is 19.5 Å². The van der Waals surface area contributed by atoms with Crippen molar-refractivity contribution in [2.24, 2.45) is 11.8 Å². The number of amides is 2. The third kappa shape index (κ3) is 4.22. The number of nitrogens with zero attached hydrogens (tertiary/aromatic N) is 1. The molecule has 0 aromatic rings. The molecule has 7 heteroatoms. The molecule has 3 rings (SSSR count). The first kappa shape index (κ1) is 20.0. The molecule has 2 N–H and O–H groups in total. The number of hydrogen-bond donors (Lipinski definition) is 2. The second kappa shape index (κ2) is 7.32. The summed E-state index contributed by atoms with van der Waals surface area (Å²) in [7, 11) is 0. The standard InChI is InChI=1S/C20H32N2O5/c1-19(2,3)27-18(26)21-15(11-13-7-5-4-6-8-13)16(23)22-10-9-14-12-20(14,22)17(24)25/h13-15H,4-12H2,1-3H3,(H,21,26)(H,24,25)/t14-,15-,20+/m1/s1. The number of carbonyl (C=O) groups excluding carboxylic acids is 2. The van der Waals surface area contributed by atoms with E-state index >= 15 is 0 Å². The Balaban J connectivity index is 1.73. The number of likely N-dealkylation sites (tertiary alicyclic amines) is 1. The summed E-state index contributed by atoms with van der Waals surface area (Å²) in [5, 5.41) is 12.4. The molecule has 1 saturated heterocycles. The second-order valence-corrected chi connectivity index (χ2v) is 9.35. The van der Waals surface area contributed by atoms with E-state index in [1.807, 2.05) is 0 Å². The van der Waals surface area contributed by atoms with Crippen LogP contribution in [0, 0.1) is 11.8 Å². The number of fused-ring (bicyclic) bond motifs is 1. The van der Waals surface area contributed by atoms with Crippen LogP contribution in [0.25, 0.3) is 0 Å². The number of piperidine rings is 1. The third-order valence-electron chi connectivity index (χ3n) is 6.17. The molecular formula is C20H32N2O5. The van der Waals surface area contributed by atoms with E-state index in [1.165, 1.54) is 11.3 Å². The van der Waals surface area contributed by atoms with Crippen LogP contribution >= 0.6 is 0 Å². The van der Waals surface area contributed by atoms with E-state index in [0.29, 0.717) is 25.3 Å². The number of carbonyl (C=O) groups is 3. The molecule has 27 heavy (non-hydrogen) atoms. The Hall–Kier alpha value is -1.79. The van der Waals surface area contributed by atoms with E-state index in [1.54, 1.807) is 20.8 Å². The van der Waals surface area contributed by atoms with Crippen molar-refractivity contribution >= 4 is 18.0 Å². The van der Waals surface area contributed by atoms with Gasteiger partial charge in [0, 0.05) is 6.54 Å². The SMILES string of the molecule is CC(C)(C)OC(=O)N[C@H](CC1CCCCC1)C(=O)N1CC[C@@H]2C[C@@]21C(=O)O. The zero-order valence-electron chi connectivity index (χ0n) is 16.6. The van der Waals surface area contributed by atoms with Gasteiger partial charge in [0.2, 0.25) is 5.91 Å². The van der Waals surface area contributed by atoms with Crippen LogP contribution in [0.15, 0.2) is 0 Å². The number of carboxylic acid groups (broad SMARTS) is 1. The fourth-order valence-corrected chi connectivity index (χ4v) is 4.77. The maximum atomic E-state index is 13.3. The van der Waals surface area contributed by atoms with E-state index in [0.717, 1.165) is 32.1 Å². The largest absolute Gasteiger partial charge is 0.479 e. The average molecular weight is 380 g/mol. The lowest BCUT2D eigenvalue weighted by Gasteiger charge is -2.33. The highest BCUT2D eigenvalue weighted by atomic mass is 16.6. The van der Waals surface area contributed by atoms with Crippen molar-refractivity contribution in [1.82, 2.24) is 10.2 Å². The van der Waals surface area contributed by atoms with Gasteiger partial charge in [0.15, 0.2) is 0 Å². The smallest absolute Gasteiger partial charge is 0.408 e. The highest BCUT2D eigenvalue weighted by Crippen LogP contribution is 2.56. The summed E-state index contributed by atoms with van der Waals surface area (Å²) in [6.07, 6.45) is 6.77. The average Bonchev–Trinajstić information content (AvgIpc) is 3.19. The Morgan fingerprint density at radius 2 is 1.85 bits per heavy atom. The molecule has 0 spiro atoms. The van der Waals surface area contributed by atoms with E-state index in [-0.39, 0.29) is 11.8 Å². The first-order valence-corrected chi connectivity index (χ1v) is 10.2. The molecule has 3 aliphatic rings. The van der Waals surface area contributed by atoms with Gasteiger partial charge in [0.1, 0.15) is 17.2 Å². The quantitative estimate of drug-likeness (QED) is 0.764. The molecule has 0 bridgehead atoms. The van der Waals surface area contributed by atoms with Crippen LogP contribution in [0.4, 0.5) is 4.79 Å². The van der Waals surface area contributed by atoms with Gasteiger partial charge in [-0.15, -0.1) is 0 Å². The first-order chi connectivity index (χ1) is 12.6. The monoisotopic (exact) mass is 380 g/mol. The molecule has 2 amide bonds. The summed E-state index contributed by atoms with van der Waals surface area (Å²) in [5.41, 5.74) is -1.70. The Labute approximate surface area is 160 Å². The molecule has 0 aromatic carbocycles. The minimum atomic E-state index is -1.04. The predicted octanol–water partition coefficient (Wildman–Crippen LogP) is 2.93. The van der Waals surface area contributed by atoms with Crippen molar-refractivity contribution in [3.63, 3.8) is 0 Å². The van der Waals surface area contributed by atoms with E-state index < -0.39 is 29.2 Å². The molecule has 1 aliphatic heterocycles. The van der Waals surface area contributed by atoms with E-state index in [2.05, 4.69) is 5.32 Å². The summed E-state index contributed by atoms with van der Waals surface area (Å²) in [5.74, 6) is -0.766. The maximum absolute atomic E-state index is 13.3. The van der Waals surface area contributed by atoms with Crippen molar-refractivity contribution in [1.29, 1.82) is 0 Å². The number of aliphatic carboxylic acids is 1. The molecule has 0 aromatic heterocycles. The van der Waals surface area contributed by atoms with Crippen LogP contribution in [0.2, 0.25) is 0 Å². The van der Waals surface area contributed by atoms with Gasteiger partial charge in [-0.05, 0) is 51.9 Å². The topological polar surface area (TPSA) is 95.9 Å². The molecule has 2 aliphatic carbocycles. The van der Waals surface area contributed by atoms with Gasteiger partial charge in [0.25, 0.3) is 0 Å². The fraction of sp³-hybridized carbons (Fsp3) is 0.850. The lowest BCUT2D eigenvalue weighted by Crippen LogP contribution is -2.55. The Morgan fingerprint density at radius 3 is 2.41 bits per heavy atom. The molecule has 152 valence electrons. The number of alkyl carbamates (subject to hydrolysis) is 1. The van der Waals surface area contributed by atoms with Crippen LogP contribution in [0.5, 0.6) is 0 Å². The molecule has 0 radical (unpaired) electrons. The minimum absolute atomic E-state index is 0.0517. The van der Waals surface area contributed by atoms with Crippen LogP contribution < -0.4 is 5.32 Å². The number of ether oxygens (including phenoxy) is 1. The number of rotatable bonds is 5. The molecule has 0 unspecified atom stereocenters. The summed E-state index contributed by atoms with van der Waals surface area (Å²) < 4.78 is 5.34. The molecular weight excluding hydrogens is 348 g/mol. The Kier molecular flexibility index (Phi) is 5.41. The van der Waals surface area contributed by atoms with Gasteiger partial charge in [-0.25, -0.2) is 9.59 Å². The van der Waals surface area contributed by atoms with Crippen molar-refractivity contribution in [2.45, 2.75) is 89.3 Å². The molecule has 2 saturated carbocycles. The number of hydrogen-bond acceptors (Lipinski definition) is 4. The maximum Gasteiger partial charge on any atom is 0.408 e. The highest BCUT2D eigenvalue weighted by Gasteiger charge is 2.69.